The Bertz CT molecular complexity index is 474. The van der Waals surface area contributed by atoms with Crippen molar-refractivity contribution in [3.8, 4) is 5.75 Å². The largest absolute Gasteiger partial charge is 0.497 e. The Morgan fingerprint density at radius 1 is 1.19 bits per heavy atom. The minimum absolute atomic E-state index is 0.816. The van der Waals surface area contributed by atoms with Gasteiger partial charge >= 0.3 is 0 Å². The predicted molar refractivity (Wildman–Crippen MR) is 63.7 cm³/mol. The van der Waals surface area contributed by atoms with Crippen LogP contribution in [-0.4, -0.2) is 7.11 Å². The summed E-state index contributed by atoms with van der Waals surface area (Å²) in [4.78, 5) is 0. The van der Waals surface area contributed by atoms with Gasteiger partial charge in [-0.2, -0.15) is 0 Å². The molecule has 82 valence electrons. The molecular weight excluding hydrogens is 196 g/mol. The number of benzene rings is 1. The van der Waals surface area contributed by atoms with Crippen molar-refractivity contribution in [2.24, 2.45) is 17.8 Å². The number of ether oxygens (including phenoxy) is 1. The Morgan fingerprint density at radius 2 is 2.06 bits per heavy atom. The van der Waals surface area contributed by atoms with Gasteiger partial charge in [-0.25, -0.2) is 0 Å². The van der Waals surface area contributed by atoms with Crippen molar-refractivity contribution in [3.63, 3.8) is 0 Å². The average Bonchev–Trinajstić information content (AvgIpc) is 2.98. The van der Waals surface area contributed by atoms with Crippen LogP contribution in [0.5, 0.6) is 5.75 Å². The molecule has 1 heteroatoms. The number of rotatable bonds is 1. The third-order valence-corrected chi connectivity index (χ3v) is 4.79. The molecular formula is C15H16O. The highest BCUT2D eigenvalue weighted by Crippen LogP contribution is 2.58. The molecule has 2 bridgehead atoms. The molecule has 0 saturated heterocycles. The molecule has 0 aromatic heterocycles. The third-order valence-electron chi connectivity index (χ3n) is 4.79. The normalized spacial score (nSPS) is 37.6. The lowest BCUT2D eigenvalue weighted by Crippen LogP contribution is -2.12. The Morgan fingerprint density at radius 3 is 2.94 bits per heavy atom. The summed E-state index contributed by atoms with van der Waals surface area (Å²) in [6, 6.07) is 6.66. The summed E-state index contributed by atoms with van der Waals surface area (Å²) >= 11 is 0. The van der Waals surface area contributed by atoms with Crippen LogP contribution in [-0.2, 0) is 6.42 Å². The van der Waals surface area contributed by atoms with Crippen LogP contribution in [0.1, 0.15) is 23.5 Å². The van der Waals surface area contributed by atoms with E-state index in [1.807, 2.05) is 0 Å². The van der Waals surface area contributed by atoms with Crippen LogP contribution in [0.4, 0.5) is 0 Å². The minimum atomic E-state index is 0.816. The molecule has 0 N–H and O–H groups in total. The maximum atomic E-state index is 5.32. The molecule has 0 radical (unpaired) electrons. The van der Waals surface area contributed by atoms with Crippen LogP contribution in [0.25, 0.3) is 0 Å². The van der Waals surface area contributed by atoms with Crippen molar-refractivity contribution >= 4 is 0 Å². The van der Waals surface area contributed by atoms with E-state index in [1.165, 1.54) is 18.4 Å². The quantitative estimate of drug-likeness (QED) is 0.650. The highest BCUT2D eigenvalue weighted by Gasteiger charge is 2.48. The van der Waals surface area contributed by atoms with E-state index >= 15 is 0 Å². The Hall–Kier alpha value is -1.24. The number of allylic oxidation sites excluding steroid dienone is 2. The molecule has 1 fully saturated rings. The van der Waals surface area contributed by atoms with Crippen LogP contribution in [0.2, 0.25) is 0 Å². The summed E-state index contributed by atoms with van der Waals surface area (Å²) in [5.74, 6) is 4.39. The van der Waals surface area contributed by atoms with Crippen LogP contribution < -0.4 is 4.74 Å². The fourth-order valence-electron chi connectivity index (χ4n) is 4.13. The molecule has 4 atom stereocenters. The maximum Gasteiger partial charge on any atom is 0.119 e. The van der Waals surface area contributed by atoms with Gasteiger partial charge in [0.05, 0.1) is 7.11 Å². The summed E-state index contributed by atoms with van der Waals surface area (Å²) in [5.41, 5.74) is 3.13. The Balaban J connectivity index is 1.80. The lowest BCUT2D eigenvalue weighted by molar-refractivity contribution is 0.414. The second-order valence-corrected chi connectivity index (χ2v) is 5.41. The molecule has 0 aliphatic heterocycles. The molecule has 4 unspecified atom stereocenters. The summed E-state index contributed by atoms with van der Waals surface area (Å²) in [7, 11) is 1.75. The van der Waals surface area contributed by atoms with Gasteiger partial charge in [0.25, 0.3) is 0 Å². The van der Waals surface area contributed by atoms with Gasteiger partial charge < -0.3 is 4.74 Å². The fourth-order valence-corrected chi connectivity index (χ4v) is 4.13. The van der Waals surface area contributed by atoms with Crippen molar-refractivity contribution in [2.75, 3.05) is 7.11 Å². The monoisotopic (exact) mass is 212 g/mol. The van der Waals surface area contributed by atoms with Crippen LogP contribution >= 0.6 is 0 Å². The SMILES string of the molecule is COc1ccc2c(c1)CC1C3C=CC(C3)C21. The number of fused-ring (bicyclic) bond motifs is 7. The van der Waals surface area contributed by atoms with Gasteiger partial charge in [0, 0.05) is 0 Å². The van der Waals surface area contributed by atoms with E-state index in [0.29, 0.717) is 0 Å². The van der Waals surface area contributed by atoms with E-state index in [4.69, 9.17) is 4.74 Å². The highest BCUT2D eigenvalue weighted by atomic mass is 16.5. The zero-order chi connectivity index (χ0) is 10.7. The van der Waals surface area contributed by atoms with Crippen molar-refractivity contribution in [1.82, 2.24) is 0 Å². The van der Waals surface area contributed by atoms with E-state index < -0.39 is 0 Å². The summed E-state index contributed by atoms with van der Waals surface area (Å²) in [6.07, 6.45) is 7.57. The van der Waals surface area contributed by atoms with Crippen LogP contribution in [0, 0.1) is 17.8 Å². The van der Waals surface area contributed by atoms with Crippen molar-refractivity contribution in [2.45, 2.75) is 18.8 Å². The zero-order valence-electron chi connectivity index (χ0n) is 9.52. The smallest absolute Gasteiger partial charge is 0.119 e. The first kappa shape index (κ1) is 8.86. The highest BCUT2D eigenvalue weighted by molar-refractivity contribution is 5.45. The summed E-state index contributed by atoms with van der Waals surface area (Å²) in [5, 5.41) is 0. The standard InChI is InChI=1S/C15H16O/c1-16-12-4-5-13-11(7-12)8-14-9-2-3-10(6-9)15(13)14/h2-5,7,9-10,14-15H,6,8H2,1H3. The van der Waals surface area contributed by atoms with Gasteiger partial charge in [-0.05, 0) is 59.8 Å². The molecule has 1 aromatic carbocycles. The van der Waals surface area contributed by atoms with Crippen LogP contribution in [0.3, 0.4) is 0 Å². The van der Waals surface area contributed by atoms with E-state index in [0.717, 1.165) is 29.4 Å². The van der Waals surface area contributed by atoms with Gasteiger partial charge in [0.1, 0.15) is 5.75 Å². The van der Waals surface area contributed by atoms with Crippen LogP contribution in [0.15, 0.2) is 30.4 Å². The fraction of sp³-hybridized carbons (Fsp3) is 0.467. The maximum absolute atomic E-state index is 5.32. The van der Waals surface area contributed by atoms with Gasteiger partial charge in [-0.1, -0.05) is 18.2 Å². The zero-order valence-corrected chi connectivity index (χ0v) is 9.52. The lowest BCUT2D eigenvalue weighted by atomic mass is 9.84. The number of hydrogen-bond donors (Lipinski definition) is 0. The molecule has 1 aromatic rings. The third kappa shape index (κ3) is 0.965. The van der Waals surface area contributed by atoms with E-state index in [1.54, 1.807) is 12.7 Å². The first-order valence-electron chi connectivity index (χ1n) is 6.22. The topological polar surface area (TPSA) is 9.23 Å². The molecule has 1 saturated carbocycles. The van der Waals surface area contributed by atoms with Gasteiger partial charge in [0.2, 0.25) is 0 Å². The lowest BCUT2D eigenvalue weighted by Gasteiger charge is -2.20. The first-order chi connectivity index (χ1) is 7.86. The summed E-state index contributed by atoms with van der Waals surface area (Å²) in [6.45, 7) is 0. The second kappa shape index (κ2) is 2.91. The molecule has 0 heterocycles. The number of hydrogen-bond acceptors (Lipinski definition) is 1. The molecule has 3 aliphatic rings. The Labute approximate surface area is 96.1 Å². The van der Waals surface area contributed by atoms with Gasteiger partial charge in [-0.15, -0.1) is 0 Å². The molecule has 4 rings (SSSR count). The average molecular weight is 212 g/mol. The molecule has 0 amide bonds. The van der Waals surface area contributed by atoms with Gasteiger partial charge in [-0.3, -0.25) is 0 Å². The van der Waals surface area contributed by atoms with E-state index in [9.17, 15) is 0 Å². The van der Waals surface area contributed by atoms with Crippen molar-refractivity contribution in [3.05, 3.63) is 41.5 Å². The predicted octanol–water partition coefficient (Wildman–Crippen LogP) is 3.16. The van der Waals surface area contributed by atoms with Crippen molar-refractivity contribution in [1.29, 1.82) is 0 Å². The van der Waals surface area contributed by atoms with E-state index in [2.05, 4.69) is 30.4 Å². The molecule has 16 heavy (non-hydrogen) atoms. The molecule has 1 nitrogen and oxygen atoms in total. The second-order valence-electron chi connectivity index (χ2n) is 5.41. The summed E-state index contributed by atoms with van der Waals surface area (Å²) < 4.78 is 5.32. The van der Waals surface area contributed by atoms with Crippen molar-refractivity contribution < 1.29 is 4.74 Å². The molecule has 0 spiro atoms. The van der Waals surface area contributed by atoms with E-state index in [-0.39, 0.29) is 0 Å². The Kier molecular flexibility index (Phi) is 1.61. The molecule has 3 aliphatic carbocycles. The first-order valence-corrected chi connectivity index (χ1v) is 6.22. The minimum Gasteiger partial charge on any atom is -0.497 e. The number of methoxy groups -OCH3 is 1. The van der Waals surface area contributed by atoms with Gasteiger partial charge in [0.15, 0.2) is 0 Å².